The molecule has 0 saturated carbocycles. The highest BCUT2D eigenvalue weighted by atomic mass is 16.1. The van der Waals surface area contributed by atoms with Crippen LogP contribution in [0.15, 0.2) is 43.0 Å². The van der Waals surface area contributed by atoms with Gasteiger partial charge in [0.15, 0.2) is 0 Å². The van der Waals surface area contributed by atoms with E-state index in [9.17, 15) is 4.79 Å². The number of benzene rings is 1. The number of hydrogen-bond acceptors (Lipinski definition) is 2. The van der Waals surface area contributed by atoms with E-state index in [1.165, 1.54) is 5.56 Å². The Morgan fingerprint density at radius 2 is 2.12 bits per heavy atom. The minimum absolute atomic E-state index is 0.309. The predicted molar refractivity (Wildman–Crippen MR) is 67.1 cm³/mol. The van der Waals surface area contributed by atoms with Gasteiger partial charge in [0.05, 0.1) is 12.4 Å². The molecule has 3 heteroatoms. The van der Waals surface area contributed by atoms with Crippen molar-refractivity contribution in [2.75, 3.05) is 0 Å². The molecule has 2 aromatic rings. The Morgan fingerprint density at radius 3 is 2.65 bits per heavy atom. The highest BCUT2D eigenvalue weighted by Crippen LogP contribution is 2.23. The van der Waals surface area contributed by atoms with E-state index in [1.54, 1.807) is 6.20 Å². The van der Waals surface area contributed by atoms with Crippen LogP contribution in [-0.4, -0.2) is 15.8 Å². The maximum absolute atomic E-state index is 10.6. The van der Waals surface area contributed by atoms with E-state index < -0.39 is 0 Å². The normalized spacial score (nSPS) is 12.3. The second kappa shape index (κ2) is 5.43. The van der Waals surface area contributed by atoms with Gasteiger partial charge in [-0.05, 0) is 12.0 Å². The van der Waals surface area contributed by atoms with Crippen molar-refractivity contribution in [3.05, 3.63) is 54.1 Å². The summed E-state index contributed by atoms with van der Waals surface area (Å²) >= 11 is 0. The molecule has 1 aromatic heterocycles. The number of aromatic nitrogens is 2. The zero-order chi connectivity index (χ0) is 12.1. The van der Waals surface area contributed by atoms with Crippen molar-refractivity contribution in [2.24, 2.45) is 0 Å². The molecular formula is C14H16N2O. The average molecular weight is 228 g/mol. The third-order valence-corrected chi connectivity index (χ3v) is 2.90. The third-order valence-electron chi connectivity index (χ3n) is 2.90. The molecule has 17 heavy (non-hydrogen) atoms. The topological polar surface area (TPSA) is 34.9 Å². The fraction of sp³-hybridized carbons (Fsp3) is 0.286. The number of rotatable bonds is 5. The first-order valence-electron chi connectivity index (χ1n) is 5.87. The molecule has 0 spiro atoms. The van der Waals surface area contributed by atoms with Gasteiger partial charge in [0, 0.05) is 18.0 Å². The lowest BCUT2D eigenvalue weighted by Gasteiger charge is -2.18. The van der Waals surface area contributed by atoms with Crippen LogP contribution in [0.2, 0.25) is 0 Å². The molecule has 88 valence electrons. The Labute approximate surface area is 101 Å². The molecule has 0 aliphatic heterocycles. The first-order valence-corrected chi connectivity index (χ1v) is 5.87. The van der Waals surface area contributed by atoms with Crippen molar-refractivity contribution in [3.8, 4) is 0 Å². The average Bonchev–Trinajstić information content (AvgIpc) is 2.90. The second-order valence-electron chi connectivity index (χ2n) is 4.10. The first-order chi connectivity index (χ1) is 8.35. The Balaban J connectivity index is 2.29. The molecule has 0 radical (unpaired) electrons. The van der Waals surface area contributed by atoms with Crippen LogP contribution in [0.4, 0.5) is 0 Å². The minimum Gasteiger partial charge on any atom is -0.330 e. The highest BCUT2D eigenvalue weighted by Gasteiger charge is 2.11. The standard InChI is InChI=1S/C14H16N2O/c1-2-3-14(16-9-8-15-11-16)13-6-4-12(10-17)5-7-13/h4-11,14H,2-3H2,1H3. The van der Waals surface area contributed by atoms with E-state index in [4.69, 9.17) is 0 Å². The Hall–Kier alpha value is -1.90. The Morgan fingerprint density at radius 1 is 1.35 bits per heavy atom. The Bertz CT molecular complexity index is 459. The van der Waals surface area contributed by atoms with Gasteiger partial charge in [-0.25, -0.2) is 4.98 Å². The molecule has 1 atom stereocenters. The lowest BCUT2D eigenvalue weighted by Crippen LogP contribution is -2.08. The summed E-state index contributed by atoms with van der Waals surface area (Å²) in [6.07, 6.45) is 8.66. The quantitative estimate of drug-likeness (QED) is 0.737. The summed E-state index contributed by atoms with van der Waals surface area (Å²) in [5.41, 5.74) is 1.94. The zero-order valence-corrected chi connectivity index (χ0v) is 9.91. The van der Waals surface area contributed by atoms with Gasteiger partial charge in [0.1, 0.15) is 6.29 Å². The van der Waals surface area contributed by atoms with Crippen LogP contribution in [0.1, 0.15) is 41.7 Å². The number of carbonyl (C=O) groups is 1. The molecule has 0 aliphatic rings. The monoisotopic (exact) mass is 228 g/mol. The van der Waals surface area contributed by atoms with E-state index in [2.05, 4.69) is 16.5 Å². The van der Waals surface area contributed by atoms with Crippen LogP contribution in [-0.2, 0) is 0 Å². The van der Waals surface area contributed by atoms with Crippen molar-refractivity contribution in [1.29, 1.82) is 0 Å². The van der Waals surface area contributed by atoms with Crippen molar-refractivity contribution in [1.82, 2.24) is 9.55 Å². The molecule has 0 saturated heterocycles. The van der Waals surface area contributed by atoms with Gasteiger partial charge in [0.25, 0.3) is 0 Å². The fourth-order valence-corrected chi connectivity index (χ4v) is 2.01. The molecule has 0 aliphatic carbocycles. The number of nitrogens with zero attached hydrogens (tertiary/aromatic N) is 2. The largest absolute Gasteiger partial charge is 0.330 e. The summed E-state index contributed by atoms with van der Waals surface area (Å²) in [7, 11) is 0. The van der Waals surface area contributed by atoms with E-state index in [0.717, 1.165) is 24.7 Å². The van der Waals surface area contributed by atoms with Gasteiger partial charge in [-0.15, -0.1) is 0 Å². The lowest BCUT2D eigenvalue weighted by molar-refractivity contribution is 0.112. The van der Waals surface area contributed by atoms with Crippen LogP contribution < -0.4 is 0 Å². The first kappa shape index (κ1) is 11.6. The molecule has 3 nitrogen and oxygen atoms in total. The third kappa shape index (κ3) is 2.61. The zero-order valence-electron chi connectivity index (χ0n) is 9.91. The van der Waals surface area contributed by atoms with Gasteiger partial charge in [-0.3, -0.25) is 4.79 Å². The van der Waals surface area contributed by atoms with Crippen LogP contribution >= 0.6 is 0 Å². The van der Waals surface area contributed by atoms with Crippen LogP contribution in [0.5, 0.6) is 0 Å². The molecular weight excluding hydrogens is 212 g/mol. The van der Waals surface area contributed by atoms with Gasteiger partial charge in [-0.2, -0.15) is 0 Å². The van der Waals surface area contributed by atoms with Crippen molar-refractivity contribution >= 4 is 6.29 Å². The van der Waals surface area contributed by atoms with E-state index in [0.29, 0.717) is 6.04 Å². The maximum atomic E-state index is 10.6. The lowest BCUT2D eigenvalue weighted by atomic mass is 10.0. The molecule has 1 heterocycles. The molecule has 1 unspecified atom stereocenters. The van der Waals surface area contributed by atoms with Crippen molar-refractivity contribution in [2.45, 2.75) is 25.8 Å². The SMILES string of the molecule is CCCC(c1ccc(C=O)cc1)n1ccnc1. The van der Waals surface area contributed by atoms with Crippen LogP contribution in [0, 0.1) is 0 Å². The summed E-state index contributed by atoms with van der Waals surface area (Å²) in [5.74, 6) is 0. The number of imidazole rings is 1. The summed E-state index contributed by atoms with van der Waals surface area (Å²) in [6.45, 7) is 2.17. The molecule has 0 amide bonds. The number of carbonyl (C=O) groups excluding carboxylic acids is 1. The Kier molecular flexibility index (Phi) is 3.70. The van der Waals surface area contributed by atoms with Gasteiger partial charge in [0.2, 0.25) is 0 Å². The molecule has 0 N–H and O–H groups in total. The van der Waals surface area contributed by atoms with Crippen LogP contribution in [0.3, 0.4) is 0 Å². The highest BCUT2D eigenvalue weighted by molar-refractivity contribution is 5.74. The van der Waals surface area contributed by atoms with Gasteiger partial charge in [-0.1, -0.05) is 37.6 Å². The van der Waals surface area contributed by atoms with Gasteiger partial charge >= 0.3 is 0 Å². The van der Waals surface area contributed by atoms with Gasteiger partial charge < -0.3 is 4.57 Å². The number of hydrogen-bond donors (Lipinski definition) is 0. The molecule has 0 bridgehead atoms. The molecule has 1 aromatic carbocycles. The van der Waals surface area contributed by atoms with E-state index >= 15 is 0 Å². The summed E-state index contributed by atoms with van der Waals surface area (Å²) in [4.78, 5) is 14.7. The molecule has 2 rings (SSSR count). The van der Waals surface area contributed by atoms with Crippen LogP contribution in [0.25, 0.3) is 0 Å². The fourth-order valence-electron chi connectivity index (χ4n) is 2.01. The van der Waals surface area contributed by atoms with E-state index in [-0.39, 0.29) is 0 Å². The minimum atomic E-state index is 0.309. The maximum Gasteiger partial charge on any atom is 0.150 e. The smallest absolute Gasteiger partial charge is 0.150 e. The summed E-state index contributed by atoms with van der Waals surface area (Å²) in [6, 6.07) is 8.07. The number of aldehydes is 1. The van der Waals surface area contributed by atoms with Crippen molar-refractivity contribution < 1.29 is 4.79 Å². The molecule has 0 fully saturated rings. The predicted octanol–water partition coefficient (Wildman–Crippen LogP) is 3.09. The summed E-state index contributed by atoms with van der Waals surface area (Å²) < 4.78 is 2.11. The second-order valence-corrected chi connectivity index (χ2v) is 4.10. The summed E-state index contributed by atoms with van der Waals surface area (Å²) in [5, 5.41) is 0. The van der Waals surface area contributed by atoms with Crippen molar-refractivity contribution in [3.63, 3.8) is 0 Å². The van der Waals surface area contributed by atoms with E-state index in [1.807, 2.05) is 36.8 Å².